The minimum absolute atomic E-state index is 0.0182. The zero-order chi connectivity index (χ0) is 24.7. The fourth-order valence-electron chi connectivity index (χ4n) is 3.04. The monoisotopic (exact) mass is 500 g/mol. The molecule has 0 saturated heterocycles. The van der Waals surface area contributed by atoms with Crippen molar-refractivity contribution in [3.05, 3.63) is 87.5 Å². The van der Waals surface area contributed by atoms with Gasteiger partial charge in [0.1, 0.15) is 11.4 Å². The topological polar surface area (TPSA) is 85.9 Å². The number of amides is 2. The number of anilines is 1. The Hall–Kier alpha value is -3.68. The summed E-state index contributed by atoms with van der Waals surface area (Å²) in [5.74, 6) is 0.291. The zero-order valence-corrected chi connectivity index (χ0v) is 20.2. The van der Waals surface area contributed by atoms with Crippen LogP contribution in [0.3, 0.4) is 0 Å². The van der Waals surface area contributed by atoms with Gasteiger partial charge in [-0.15, -0.1) is 0 Å². The minimum Gasteiger partial charge on any atom is -0.496 e. The second-order valence-corrected chi connectivity index (χ2v) is 7.72. The highest BCUT2D eigenvalue weighted by atomic mass is 35.5. The molecular weight excluding hydrogens is 479 g/mol. The maximum atomic E-state index is 13.1. The van der Waals surface area contributed by atoms with Gasteiger partial charge in [0, 0.05) is 16.8 Å². The summed E-state index contributed by atoms with van der Waals surface area (Å²) in [6.07, 6.45) is 1.52. The van der Waals surface area contributed by atoms with Gasteiger partial charge in [0.25, 0.3) is 11.8 Å². The van der Waals surface area contributed by atoms with Crippen LogP contribution in [0.4, 0.5) is 5.69 Å². The van der Waals surface area contributed by atoms with Crippen molar-refractivity contribution in [3.8, 4) is 17.2 Å². The molecule has 0 unspecified atom stereocenters. The molecule has 0 saturated carbocycles. The molecule has 0 aromatic heterocycles. The lowest BCUT2D eigenvalue weighted by Crippen LogP contribution is -2.30. The summed E-state index contributed by atoms with van der Waals surface area (Å²) >= 11 is 12.0. The molecule has 3 aromatic rings. The molecule has 0 aliphatic carbocycles. The van der Waals surface area contributed by atoms with E-state index in [-0.39, 0.29) is 16.3 Å². The van der Waals surface area contributed by atoms with Gasteiger partial charge in [-0.3, -0.25) is 9.59 Å². The molecule has 0 heterocycles. The lowest BCUT2D eigenvalue weighted by Gasteiger charge is -2.14. The lowest BCUT2D eigenvalue weighted by molar-refractivity contribution is -0.113. The molecule has 0 aliphatic heterocycles. The van der Waals surface area contributed by atoms with Gasteiger partial charge in [0.15, 0.2) is 11.5 Å². The van der Waals surface area contributed by atoms with Crippen molar-refractivity contribution in [2.45, 2.75) is 0 Å². The molecule has 3 aromatic carbocycles. The third kappa shape index (κ3) is 6.01. The summed E-state index contributed by atoms with van der Waals surface area (Å²) in [6, 6.07) is 16.5. The Bertz CT molecular complexity index is 1240. The molecule has 0 aliphatic rings. The average molecular weight is 501 g/mol. The molecule has 7 nitrogen and oxygen atoms in total. The van der Waals surface area contributed by atoms with E-state index in [1.807, 2.05) is 0 Å². The Morgan fingerprint density at radius 1 is 0.794 bits per heavy atom. The van der Waals surface area contributed by atoms with E-state index in [4.69, 9.17) is 37.4 Å². The fourth-order valence-corrected chi connectivity index (χ4v) is 3.34. The first-order valence-corrected chi connectivity index (χ1v) is 10.8. The van der Waals surface area contributed by atoms with Crippen LogP contribution in [0.2, 0.25) is 10.0 Å². The highest BCUT2D eigenvalue weighted by Gasteiger charge is 2.18. The average Bonchev–Trinajstić information content (AvgIpc) is 2.85. The molecule has 0 fully saturated rings. The van der Waals surface area contributed by atoms with Crippen LogP contribution in [-0.4, -0.2) is 33.1 Å². The Kier molecular flexibility index (Phi) is 8.40. The standard InChI is InChI=1S/C25H22Cl2N2O5/c1-32-21-7-5-4-6-15(21)12-20(25(31)28-17-9-10-18(26)19(27)14-17)29-24(30)16-8-11-22(33-2)23(13-16)34-3/h4-14H,1-3H3,(H,28,31)(H,29,30)/b20-12-. The number of rotatable bonds is 8. The number of hydrogen-bond acceptors (Lipinski definition) is 5. The van der Waals surface area contributed by atoms with Crippen molar-refractivity contribution < 1.29 is 23.8 Å². The van der Waals surface area contributed by atoms with Gasteiger partial charge in [0.2, 0.25) is 0 Å². The molecule has 0 bridgehead atoms. The molecule has 34 heavy (non-hydrogen) atoms. The van der Waals surface area contributed by atoms with Crippen molar-refractivity contribution >= 4 is 46.8 Å². The first-order valence-electron chi connectivity index (χ1n) is 10.0. The van der Waals surface area contributed by atoms with E-state index in [9.17, 15) is 9.59 Å². The minimum atomic E-state index is -0.571. The summed E-state index contributed by atoms with van der Waals surface area (Å²) in [5.41, 5.74) is 1.25. The van der Waals surface area contributed by atoms with E-state index < -0.39 is 11.8 Å². The molecule has 2 N–H and O–H groups in total. The van der Waals surface area contributed by atoms with Gasteiger partial charge < -0.3 is 24.8 Å². The first-order chi connectivity index (χ1) is 16.4. The van der Waals surface area contributed by atoms with Gasteiger partial charge in [-0.1, -0.05) is 41.4 Å². The highest BCUT2D eigenvalue weighted by molar-refractivity contribution is 6.42. The van der Waals surface area contributed by atoms with Crippen LogP contribution >= 0.6 is 23.2 Å². The fraction of sp³-hybridized carbons (Fsp3) is 0.120. The third-order valence-electron chi connectivity index (χ3n) is 4.75. The first kappa shape index (κ1) is 25.0. The van der Waals surface area contributed by atoms with Gasteiger partial charge in [-0.25, -0.2) is 0 Å². The van der Waals surface area contributed by atoms with Gasteiger partial charge in [-0.2, -0.15) is 0 Å². The van der Waals surface area contributed by atoms with Crippen LogP contribution in [0, 0.1) is 0 Å². The van der Waals surface area contributed by atoms with Gasteiger partial charge in [0.05, 0.1) is 31.4 Å². The second-order valence-electron chi connectivity index (χ2n) is 6.91. The van der Waals surface area contributed by atoms with E-state index in [1.54, 1.807) is 48.5 Å². The maximum Gasteiger partial charge on any atom is 0.272 e. The predicted octanol–water partition coefficient (Wildman–Crippen LogP) is 5.43. The molecule has 3 rings (SSSR count). The van der Waals surface area contributed by atoms with Crippen LogP contribution in [-0.2, 0) is 4.79 Å². The Labute approximate surface area is 207 Å². The number of para-hydroxylation sites is 1. The van der Waals surface area contributed by atoms with E-state index in [0.717, 1.165) is 0 Å². The van der Waals surface area contributed by atoms with Crippen LogP contribution in [0.15, 0.2) is 66.4 Å². The Morgan fingerprint density at radius 2 is 1.50 bits per heavy atom. The SMILES string of the molecule is COc1ccccc1/C=C(\NC(=O)c1ccc(OC)c(OC)c1)C(=O)Nc1ccc(Cl)c(Cl)c1. The van der Waals surface area contributed by atoms with Gasteiger partial charge >= 0.3 is 0 Å². The number of methoxy groups -OCH3 is 3. The zero-order valence-electron chi connectivity index (χ0n) is 18.6. The summed E-state index contributed by atoms with van der Waals surface area (Å²) in [7, 11) is 4.49. The van der Waals surface area contributed by atoms with Crippen molar-refractivity contribution in [2.24, 2.45) is 0 Å². The van der Waals surface area contributed by atoms with Crippen molar-refractivity contribution in [2.75, 3.05) is 26.6 Å². The number of benzene rings is 3. The number of carbonyl (C=O) groups excluding carboxylic acids is 2. The van der Waals surface area contributed by atoms with Crippen molar-refractivity contribution in [1.29, 1.82) is 0 Å². The molecule has 176 valence electrons. The summed E-state index contributed by atoms with van der Waals surface area (Å²) in [5, 5.41) is 6.02. The summed E-state index contributed by atoms with van der Waals surface area (Å²) < 4.78 is 15.8. The molecule has 0 radical (unpaired) electrons. The number of nitrogens with one attached hydrogen (secondary N) is 2. The molecule has 0 atom stereocenters. The predicted molar refractivity (Wildman–Crippen MR) is 133 cm³/mol. The maximum absolute atomic E-state index is 13.1. The number of halogens is 2. The molecule has 9 heteroatoms. The smallest absolute Gasteiger partial charge is 0.272 e. The normalized spacial score (nSPS) is 10.9. The van der Waals surface area contributed by atoms with E-state index in [1.165, 1.54) is 39.5 Å². The lowest BCUT2D eigenvalue weighted by atomic mass is 10.1. The van der Waals surface area contributed by atoms with E-state index >= 15 is 0 Å². The number of hydrogen-bond donors (Lipinski definition) is 2. The molecule has 2 amide bonds. The summed E-state index contributed by atoms with van der Waals surface area (Å²) in [4.78, 5) is 26.2. The number of ether oxygens (including phenoxy) is 3. The van der Waals surface area contributed by atoms with E-state index in [0.29, 0.717) is 33.5 Å². The Balaban J connectivity index is 1.95. The highest BCUT2D eigenvalue weighted by Crippen LogP contribution is 2.28. The largest absolute Gasteiger partial charge is 0.496 e. The number of carbonyl (C=O) groups is 2. The Morgan fingerprint density at radius 3 is 2.18 bits per heavy atom. The second kappa shape index (κ2) is 11.4. The van der Waals surface area contributed by atoms with Crippen molar-refractivity contribution in [3.63, 3.8) is 0 Å². The van der Waals surface area contributed by atoms with Crippen molar-refractivity contribution in [1.82, 2.24) is 5.32 Å². The van der Waals surface area contributed by atoms with Crippen LogP contribution in [0.1, 0.15) is 15.9 Å². The summed E-state index contributed by atoms with van der Waals surface area (Å²) in [6.45, 7) is 0. The molecular formula is C25H22Cl2N2O5. The van der Waals surface area contributed by atoms with Crippen LogP contribution in [0.25, 0.3) is 6.08 Å². The van der Waals surface area contributed by atoms with Crippen LogP contribution < -0.4 is 24.8 Å². The van der Waals surface area contributed by atoms with Gasteiger partial charge in [-0.05, 0) is 48.5 Å². The quantitative estimate of drug-likeness (QED) is 0.402. The molecule has 0 spiro atoms. The van der Waals surface area contributed by atoms with Crippen LogP contribution in [0.5, 0.6) is 17.2 Å². The van der Waals surface area contributed by atoms with E-state index in [2.05, 4.69) is 10.6 Å². The third-order valence-corrected chi connectivity index (χ3v) is 5.49.